The second-order valence-corrected chi connectivity index (χ2v) is 8.36. The minimum atomic E-state index is -2.71. The number of hydrogen-bond donors (Lipinski definition) is 4. The van der Waals surface area contributed by atoms with Crippen LogP contribution in [-0.2, 0) is 4.57 Å². The van der Waals surface area contributed by atoms with Gasteiger partial charge in [0.05, 0.1) is 11.7 Å². The Hall–Kier alpha value is -1.46. The molecule has 0 amide bonds. The Morgan fingerprint density at radius 3 is 2.77 bits per heavy atom. The fraction of sp³-hybridized carbons (Fsp3) is 0.526. The molecule has 26 heavy (non-hydrogen) atoms. The van der Waals surface area contributed by atoms with Crippen molar-refractivity contribution >= 4 is 14.0 Å². The van der Waals surface area contributed by atoms with Gasteiger partial charge in [-0.1, -0.05) is 24.3 Å². The van der Waals surface area contributed by atoms with Crippen molar-refractivity contribution in [3.63, 3.8) is 0 Å². The van der Waals surface area contributed by atoms with Crippen LogP contribution in [0.3, 0.4) is 0 Å². The molecule has 7 heteroatoms. The van der Waals surface area contributed by atoms with Crippen LogP contribution in [-0.4, -0.2) is 39.4 Å². The van der Waals surface area contributed by atoms with Crippen molar-refractivity contribution in [1.29, 1.82) is 0 Å². The molecule has 2 rings (SSSR count). The molecule has 0 aromatic heterocycles. The zero-order chi connectivity index (χ0) is 19.1. The molecule has 4 N–H and O–H groups in total. The van der Waals surface area contributed by atoms with Crippen molar-refractivity contribution < 1.29 is 24.5 Å². The van der Waals surface area contributed by atoms with Crippen LogP contribution >= 0.6 is 8.03 Å². The van der Waals surface area contributed by atoms with Gasteiger partial charge < -0.3 is 20.4 Å². The van der Waals surface area contributed by atoms with Crippen LogP contribution in [0.1, 0.15) is 54.6 Å². The molecule has 5 atom stereocenters. The third-order valence-corrected chi connectivity index (χ3v) is 6.36. The van der Waals surface area contributed by atoms with Gasteiger partial charge in [0.25, 0.3) is 0 Å². The fourth-order valence-corrected chi connectivity index (χ4v) is 4.61. The van der Waals surface area contributed by atoms with E-state index in [4.69, 9.17) is 5.11 Å². The van der Waals surface area contributed by atoms with Gasteiger partial charge in [-0.05, 0) is 56.2 Å². The van der Waals surface area contributed by atoms with Crippen molar-refractivity contribution in [2.75, 3.05) is 6.54 Å². The maximum atomic E-state index is 11.8. The smallest absolute Gasteiger partial charge is 0.335 e. The Balaban J connectivity index is 1.89. The summed E-state index contributed by atoms with van der Waals surface area (Å²) in [6.07, 6.45) is 6.30. The summed E-state index contributed by atoms with van der Waals surface area (Å²) >= 11 is 0. The van der Waals surface area contributed by atoms with Crippen LogP contribution in [0.5, 0.6) is 0 Å². The van der Waals surface area contributed by atoms with Gasteiger partial charge in [0.1, 0.15) is 0 Å². The standard InChI is InChI=1S/C19H28NO5P/c1-13(15-8-5-9-16(10-15)19(22)23)20-12-17(21)11-18(26(24)25)14-6-3-2-4-7-14/h2-3,5,8-10,13-14,17-18,20-21,26H,4,6-7,11-12H2,1H3,(H,22,23)(H,24,25)/t13-,14?,17+,18?/m1/s1. The van der Waals surface area contributed by atoms with Gasteiger partial charge in [-0.15, -0.1) is 0 Å². The van der Waals surface area contributed by atoms with Gasteiger partial charge in [-0.2, -0.15) is 0 Å². The highest BCUT2D eigenvalue weighted by molar-refractivity contribution is 7.38. The molecule has 0 saturated carbocycles. The lowest BCUT2D eigenvalue weighted by molar-refractivity contribution is 0.0696. The number of rotatable bonds is 9. The molecule has 0 fully saturated rings. The molecule has 0 heterocycles. The third-order valence-electron chi connectivity index (χ3n) is 5.02. The van der Waals surface area contributed by atoms with Crippen LogP contribution in [0.2, 0.25) is 0 Å². The molecule has 0 aliphatic heterocycles. The van der Waals surface area contributed by atoms with E-state index in [0.717, 1.165) is 24.8 Å². The van der Waals surface area contributed by atoms with E-state index in [1.54, 1.807) is 12.1 Å². The maximum Gasteiger partial charge on any atom is 0.335 e. The third kappa shape index (κ3) is 6.06. The minimum Gasteiger partial charge on any atom is -0.478 e. The van der Waals surface area contributed by atoms with E-state index in [1.165, 1.54) is 6.07 Å². The van der Waals surface area contributed by atoms with Gasteiger partial charge in [-0.25, -0.2) is 4.79 Å². The zero-order valence-corrected chi connectivity index (χ0v) is 16.0. The molecule has 0 radical (unpaired) electrons. The Labute approximate surface area is 154 Å². The topological polar surface area (TPSA) is 107 Å². The Bertz CT molecular complexity index is 663. The highest BCUT2D eigenvalue weighted by Gasteiger charge is 2.28. The highest BCUT2D eigenvalue weighted by Crippen LogP contribution is 2.38. The van der Waals surface area contributed by atoms with E-state index in [0.29, 0.717) is 6.42 Å². The van der Waals surface area contributed by atoms with E-state index in [2.05, 4.69) is 11.4 Å². The summed E-state index contributed by atoms with van der Waals surface area (Å²) in [6, 6.07) is 6.54. The zero-order valence-electron chi connectivity index (χ0n) is 15.0. The molecule has 3 unspecified atom stereocenters. The van der Waals surface area contributed by atoms with Crippen molar-refractivity contribution in [2.24, 2.45) is 5.92 Å². The molecule has 0 bridgehead atoms. The first kappa shape index (κ1) is 20.8. The number of aliphatic hydroxyl groups is 1. The number of nitrogens with one attached hydrogen (secondary N) is 1. The van der Waals surface area contributed by atoms with Gasteiger partial charge in [0.15, 0.2) is 8.03 Å². The average Bonchev–Trinajstić information content (AvgIpc) is 2.64. The van der Waals surface area contributed by atoms with E-state index < -0.39 is 20.1 Å². The summed E-state index contributed by atoms with van der Waals surface area (Å²) in [5.74, 6) is -0.827. The van der Waals surface area contributed by atoms with E-state index in [-0.39, 0.29) is 29.7 Å². The first-order valence-electron chi connectivity index (χ1n) is 9.01. The molecule has 1 aromatic rings. The predicted octanol–water partition coefficient (Wildman–Crippen LogP) is 2.98. The lowest BCUT2D eigenvalue weighted by Gasteiger charge is -2.28. The number of hydrogen-bond acceptors (Lipinski definition) is 4. The largest absolute Gasteiger partial charge is 0.478 e. The Morgan fingerprint density at radius 1 is 1.38 bits per heavy atom. The SMILES string of the molecule is C[C@@H](NC[C@@H](O)CC(C1CC=CCC1)[PH](=O)O)c1cccc(C(=O)O)c1. The van der Waals surface area contributed by atoms with Gasteiger partial charge in [-0.3, -0.25) is 4.57 Å². The molecule has 1 aliphatic rings. The van der Waals surface area contributed by atoms with Crippen LogP contribution in [0, 0.1) is 5.92 Å². The quantitative estimate of drug-likeness (QED) is 0.387. The number of allylic oxidation sites excluding steroid dienone is 2. The summed E-state index contributed by atoms with van der Waals surface area (Å²) in [4.78, 5) is 20.7. The van der Waals surface area contributed by atoms with E-state index in [1.807, 2.05) is 19.1 Å². The maximum absolute atomic E-state index is 11.8. The summed E-state index contributed by atoms with van der Waals surface area (Å²) in [5.41, 5.74) is 0.676. The molecule has 0 saturated heterocycles. The van der Waals surface area contributed by atoms with Gasteiger partial charge in [0, 0.05) is 18.2 Å². The van der Waals surface area contributed by atoms with Crippen LogP contribution < -0.4 is 5.32 Å². The lowest BCUT2D eigenvalue weighted by Crippen LogP contribution is -2.33. The summed E-state index contributed by atoms with van der Waals surface area (Å²) in [6.45, 7) is 2.18. The number of benzene rings is 1. The summed E-state index contributed by atoms with van der Waals surface area (Å²) < 4.78 is 11.8. The Morgan fingerprint density at radius 2 is 2.15 bits per heavy atom. The molecular formula is C19H28NO5P. The van der Waals surface area contributed by atoms with Crippen molar-refractivity contribution in [3.8, 4) is 0 Å². The molecule has 144 valence electrons. The summed E-state index contributed by atoms with van der Waals surface area (Å²) in [5, 5.41) is 22.6. The number of carbonyl (C=O) groups is 1. The van der Waals surface area contributed by atoms with Crippen molar-refractivity contribution in [2.45, 2.75) is 50.4 Å². The van der Waals surface area contributed by atoms with E-state index >= 15 is 0 Å². The molecule has 6 nitrogen and oxygen atoms in total. The van der Waals surface area contributed by atoms with Crippen LogP contribution in [0.15, 0.2) is 36.4 Å². The first-order chi connectivity index (χ1) is 12.4. The molecule has 1 aliphatic carbocycles. The molecular weight excluding hydrogens is 353 g/mol. The predicted molar refractivity (Wildman–Crippen MR) is 102 cm³/mol. The highest BCUT2D eigenvalue weighted by atomic mass is 31.1. The monoisotopic (exact) mass is 381 g/mol. The number of aromatic carboxylic acids is 1. The van der Waals surface area contributed by atoms with Crippen LogP contribution in [0.4, 0.5) is 0 Å². The molecule has 1 aromatic carbocycles. The normalized spacial score (nSPS) is 21.7. The first-order valence-corrected chi connectivity index (χ1v) is 10.4. The minimum absolute atomic E-state index is 0.133. The van der Waals surface area contributed by atoms with Gasteiger partial charge in [0.2, 0.25) is 0 Å². The number of carboxylic acid groups (broad SMARTS) is 1. The second-order valence-electron chi connectivity index (χ2n) is 6.94. The fourth-order valence-electron chi connectivity index (χ4n) is 3.43. The summed E-state index contributed by atoms with van der Waals surface area (Å²) in [7, 11) is -2.71. The van der Waals surface area contributed by atoms with Gasteiger partial charge >= 0.3 is 5.97 Å². The molecule has 0 spiro atoms. The second kappa shape index (κ2) is 10.0. The number of carboxylic acids is 1. The van der Waals surface area contributed by atoms with Crippen LogP contribution in [0.25, 0.3) is 0 Å². The van der Waals surface area contributed by atoms with E-state index in [9.17, 15) is 19.4 Å². The number of aliphatic hydroxyl groups excluding tert-OH is 1. The lowest BCUT2D eigenvalue weighted by atomic mass is 9.88. The average molecular weight is 381 g/mol. The Kier molecular flexibility index (Phi) is 8.04. The van der Waals surface area contributed by atoms with Crippen molar-refractivity contribution in [3.05, 3.63) is 47.5 Å². The van der Waals surface area contributed by atoms with Crippen molar-refractivity contribution in [1.82, 2.24) is 5.32 Å².